The van der Waals surface area contributed by atoms with E-state index in [1.165, 1.54) is 18.2 Å². The summed E-state index contributed by atoms with van der Waals surface area (Å²) in [5.41, 5.74) is 0.901. The molecular weight excluding hydrogens is 319 g/mol. The third kappa shape index (κ3) is 3.38. The van der Waals surface area contributed by atoms with Crippen molar-refractivity contribution in [2.75, 3.05) is 5.32 Å². The molecule has 0 radical (unpaired) electrons. The van der Waals surface area contributed by atoms with Crippen molar-refractivity contribution in [3.63, 3.8) is 0 Å². The molecule has 0 fully saturated rings. The van der Waals surface area contributed by atoms with Crippen LogP contribution in [0.2, 0.25) is 0 Å². The summed E-state index contributed by atoms with van der Waals surface area (Å²) < 4.78 is 41.5. The summed E-state index contributed by atoms with van der Waals surface area (Å²) in [6.07, 6.45) is -4.81. The molecule has 3 rings (SSSR count). The number of para-hydroxylation sites is 3. The predicted molar refractivity (Wildman–Crippen MR) is 82.9 cm³/mol. The van der Waals surface area contributed by atoms with E-state index < -0.39 is 12.1 Å². The van der Waals surface area contributed by atoms with Crippen molar-refractivity contribution in [3.05, 3.63) is 60.2 Å². The molecule has 0 saturated heterocycles. The van der Waals surface area contributed by atoms with E-state index in [-0.39, 0.29) is 17.1 Å². The van der Waals surface area contributed by atoms with Gasteiger partial charge >= 0.3 is 6.36 Å². The molecule has 0 aliphatic heterocycles. The fourth-order valence-electron chi connectivity index (χ4n) is 2.21. The van der Waals surface area contributed by atoms with Crippen LogP contribution in [-0.4, -0.2) is 11.3 Å². The lowest BCUT2D eigenvalue weighted by Crippen LogP contribution is -2.18. The Morgan fingerprint density at radius 1 is 1.04 bits per heavy atom. The maximum absolute atomic E-state index is 12.5. The van der Waals surface area contributed by atoms with Crippen LogP contribution < -0.4 is 10.1 Å². The van der Waals surface area contributed by atoms with Gasteiger partial charge in [0.2, 0.25) is 0 Å². The molecule has 1 heterocycles. The molecule has 1 aromatic heterocycles. The first kappa shape index (κ1) is 15.6. The van der Waals surface area contributed by atoms with Crippen LogP contribution in [0.5, 0.6) is 5.75 Å². The molecule has 0 amide bonds. The molecule has 7 heteroatoms. The number of alkyl halides is 3. The Morgan fingerprint density at radius 3 is 2.50 bits per heavy atom. The lowest BCUT2D eigenvalue weighted by atomic mass is 10.1. The molecular formula is C17H10F3N3O. The van der Waals surface area contributed by atoms with Gasteiger partial charge in [-0.3, -0.25) is 0 Å². The van der Waals surface area contributed by atoms with Gasteiger partial charge in [0.15, 0.2) is 5.75 Å². The Morgan fingerprint density at radius 2 is 1.75 bits per heavy atom. The molecule has 0 aliphatic rings. The molecule has 0 spiro atoms. The highest BCUT2D eigenvalue weighted by molar-refractivity contribution is 5.84. The minimum atomic E-state index is -4.81. The van der Waals surface area contributed by atoms with Crippen molar-refractivity contribution < 1.29 is 17.9 Å². The summed E-state index contributed by atoms with van der Waals surface area (Å²) >= 11 is 0. The molecule has 0 atom stereocenters. The van der Waals surface area contributed by atoms with Gasteiger partial charge in [-0.25, -0.2) is 4.98 Å². The van der Waals surface area contributed by atoms with E-state index >= 15 is 0 Å². The summed E-state index contributed by atoms with van der Waals surface area (Å²) in [5.74, 6) is -0.238. The second-order valence-corrected chi connectivity index (χ2v) is 4.86. The van der Waals surface area contributed by atoms with E-state index in [9.17, 15) is 18.4 Å². The fourth-order valence-corrected chi connectivity index (χ4v) is 2.21. The van der Waals surface area contributed by atoms with Crippen molar-refractivity contribution >= 4 is 22.4 Å². The third-order valence-electron chi connectivity index (χ3n) is 3.21. The Labute approximate surface area is 135 Å². The smallest absolute Gasteiger partial charge is 0.404 e. The van der Waals surface area contributed by atoms with Gasteiger partial charge in [0.25, 0.3) is 0 Å². The van der Waals surface area contributed by atoms with Gasteiger partial charge in [-0.05, 0) is 24.3 Å². The van der Waals surface area contributed by atoms with Crippen molar-refractivity contribution in [3.8, 4) is 11.8 Å². The first-order valence-electron chi connectivity index (χ1n) is 6.88. The zero-order chi connectivity index (χ0) is 17.2. The molecule has 3 aromatic rings. The average molecular weight is 329 g/mol. The van der Waals surface area contributed by atoms with E-state index in [2.05, 4.69) is 15.0 Å². The molecule has 0 saturated carbocycles. The van der Waals surface area contributed by atoms with Gasteiger partial charge in [-0.2, -0.15) is 5.26 Å². The van der Waals surface area contributed by atoms with Crippen molar-refractivity contribution in [2.24, 2.45) is 0 Å². The summed E-state index contributed by atoms with van der Waals surface area (Å²) in [7, 11) is 0. The quantitative estimate of drug-likeness (QED) is 0.753. The number of nitriles is 1. The van der Waals surface area contributed by atoms with Gasteiger partial charge in [0, 0.05) is 5.39 Å². The molecule has 120 valence electrons. The zero-order valence-corrected chi connectivity index (χ0v) is 12.1. The molecule has 0 aliphatic carbocycles. The first-order chi connectivity index (χ1) is 11.5. The number of anilines is 2. The van der Waals surface area contributed by atoms with Crippen LogP contribution >= 0.6 is 0 Å². The van der Waals surface area contributed by atoms with Crippen LogP contribution in [0, 0.1) is 11.3 Å². The molecule has 2 aromatic carbocycles. The lowest BCUT2D eigenvalue weighted by Gasteiger charge is -2.15. The zero-order valence-electron chi connectivity index (χ0n) is 12.1. The third-order valence-corrected chi connectivity index (χ3v) is 3.21. The summed E-state index contributed by atoms with van der Waals surface area (Å²) in [6, 6.07) is 16.3. The molecule has 1 N–H and O–H groups in total. The van der Waals surface area contributed by atoms with Crippen LogP contribution in [0.4, 0.5) is 24.7 Å². The monoisotopic (exact) mass is 329 g/mol. The number of nitrogens with zero attached hydrogens (tertiary/aromatic N) is 2. The minimum absolute atomic E-state index is 0.0640. The van der Waals surface area contributed by atoms with Gasteiger partial charge in [-0.1, -0.05) is 30.3 Å². The van der Waals surface area contributed by atoms with E-state index in [1.54, 1.807) is 30.3 Å². The van der Waals surface area contributed by atoms with Crippen LogP contribution in [0.3, 0.4) is 0 Å². The maximum Gasteiger partial charge on any atom is 0.573 e. The number of nitrogens with one attached hydrogen (secondary N) is 1. The molecule has 0 bridgehead atoms. The SMILES string of the molecule is N#Cc1cc2ccccc2nc1Nc1ccccc1OC(F)(F)F. The summed E-state index contributed by atoms with van der Waals surface area (Å²) in [5, 5.41) is 12.8. The summed E-state index contributed by atoms with van der Waals surface area (Å²) in [4.78, 5) is 4.31. The van der Waals surface area contributed by atoms with E-state index in [0.717, 1.165) is 5.39 Å². The first-order valence-corrected chi connectivity index (χ1v) is 6.88. The Bertz CT molecular complexity index is 932. The Kier molecular flexibility index (Phi) is 3.96. The highest BCUT2D eigenvalue weighted by atomic mass is 19.4. The molecule has 0 unspecified atom stereocenters. The minimum Gasteiger partial charge on any atom is -0.404 e. The lowest BCUT2D eigenvalue weighted by molar-refractivity contribution is -0.274. The van der Waals surface area contributed by atoms with Crippen LogP contribution in [0.25, 0.3) is 10.9 Å². The normalized spacial score (nSPS) is 11.1. The Balaban J connectivity index is 2.03. The number of aromatic nitrogens is 1. The van der Waals surface area contributed by atoms with E-state index in [1.807, 2.05) is 12.1 Å². The van der Waals surface area contributed by atoms with E-state index in [0.29, 0.717) is 5.52 Å². The number of ether oxygens (including phenoxy) is 1. The largest absolute Gasteiger partial charge is 0.573 e. The van der Waals surface area contributed by atoms with Crippen LogP contribution in [0.15, 0.2) is 54.6 Å². The Hall–Kier alpha value is -3.27. The van der Waals surface area contributed by atoms with Crippen LogP contribution in [0.1, 0.15) is 5.56 Å². The number of hydrogen-bond acceptors (Lipinski definition) is 4. The second kappa shape index (κ2) is 6.08. The fraction of sp³-hybridized carbons (Fsp3) is 0.0588. The van der Waals surface area contributed by atoms with E-state index in [4.69, 9.17) is 0 Å². The number of pyridine rings is 1. The van der Waals surface area contributed by atoms with Gasteiger partial charge < -0.3 is 10.1 Å². The standard InChI is InChI=1S/C17H10F3N3O/c18-17(19,20)24-15-8-4-3-7-14(15)23-16-12(10-21)9-11-5-1-2-6-13(11)22-16/h1-9H,(H,22,23). The molecule has 24 heavy (non-hydrogen) atoms. The summed E-state index contributed by atoms with van der Waals surface area (Å²) in [6.45, 7) is 0. The van der Waals surface area contributed by atoms with Gasteiger partial charge in [-0.15, -0.1) is 13.2 Å². The number of fused-ring (bicyclic) bond motifs is 1. The predicted octanol–water partition coefficient (Wildman–Crippen LogP) is 4.75. The number of hydrogen-bond donors (Lipinski definition) is 1. The maximum atomic E-state index is 12.5. The van der Waals surface area contributed by atoms with Crippen molar-refractivity contribution in [1.82, 2.24) is 4.98 Å². The van der Waals surface area contributed by atoms with Crippen molar-refractivity contribution in [2.45, 2.75) is 6.36 Å². The highest BCUT2D eigenvalue weighted by Gasteiger charge is 2.32. The number of rotatable bonds is 3. The number of benzene rings is 2. The van der Waals surface area contributed by atoms with Gasteiger partial charge in [0.05, 0.1) is 16.8 Å². The molecule has 4 nitrogen and oxygen atoms in total. The average Bonchev–Trinajstić information content (AvgIpc) is 2.54. The van der Waals surface area contributed by atoms with Crippen molar-refractivity contribution in [1.29, 1.82) is 5.26 Å². The van der Waals surface area contributed by atoms with Crippen LogP contribution in [-0.2, 0) is 0 Å². The topological polar surface area (TPSA) is 57.9 Å². The highest BCUT2D eigenvalue weighted by Crippen LogP contribution is 2.33. The van der Waals surface area contributed by atoms with Gasteiger partial charge in [0.1, 0.15) is 11.9 Å². The second-order valence-electron chi connectivity index (χ2n) is 4.86. The number of halogens is 3.